The van der Waals surface area contributed by atoms with Crippen molar-refractivity contribution in [3.05, 3.63) is 29.8 Å². The molecule has 0 fully saturated rings. The molecule has 0 aliphatic carbocycles. The van der Waals surface area contributed by atoms with Gasteiger partial charge in [0, 0.05) is 6.54 Å². The number of benzene rings is 1. The molecule has 8 nitrogen and oxygen atoms in total. The van der Waals surface area contributed by atoms with Crippen molar-refractivity contribution in [1.82, 2.24) is 5.32 Å². The van der Waals surface area contributed by atoms with Crippen LogP contribution in [0.4, 0.5) is 0 Å². The van der Waals surface area contributed by atoms with Crippen LogP contribution in [0.15, 0.2) is 24.3 Å². The average molecular weight is 301 g/mol. The number of hydrogen-bond acceptors (Lipinski definition) is 7. The first-order chi connectivity index (χ1) is 9.86. The van der Waals surface area contributed by atoms with E-state index in [1.54, 1.807) is 12.1 Å². The van der Waals surface area contributed by atoms with Crippen LogP contribution in [0, 0.1) is 0 Å². The molecule has 118 valence electrons. The summed E-state index contributed by atoms with van der Waals surface area (Å²) >= 11 is 0. The van der Waals surface area contributed by atoms with E-state index in [0.717, 1.165) is 0 Å². The lowest BCUT2D eigenvalue weighted by atomic mass is 10.0. The van der Waals surface area contributed by atoms with Crippen molar-refractivity contribution in [3.63, 3.8) is 0 Å². The van der Waals surface area contributed by atoms with Gasteiger partial charge in [-0.1, -0.05) is 12.1 Å². The van der Waals surface area contributed by atoms with Gasteiger partial charge in [-0.3, -0.25) is 4.79 Å². The number of rotatable bonds is 7. The van der Waals surface area contributed by atoms with E-state index in [-0.39, 0.29) is 12.3 Å². The molecule has 8 heteroatoms. The lowest BCUT2D eigenvalue weighted by Gasteiger charge is -2.24. The van der Waals surface area contributed by atoms with Crippen molar-refractivity contribution in [2.24, 2.45) is 0 Å². The Morgan fingerprint density at radius 3 is 2.14 bits per heavy atom. The number of phenols is 1. The Bertz CT molecular complexity index is 450. The molecule has 0 aromatic heterocycles. The zero-order valence-electron chi connectivity index (χ0n) is 11.1. The van der Waals surface area contributed by atoms with Crippen molar-refractivity contribution in [3.8, 4) is 5.75 Å². The molecule has 4 atom stereocenters. The Morgan fingerprint density at radius 1 is 1.05 bits per heavy atom. The number of carbonyl (C=O) groups is 1. The quantitative estimate of drug-likeness (QED) is 0.293. The van der Waals surface area contributed by atoms with Crippen molar-refractivity contribution < 1.29 is 35.4 Å². The van der Waals surface area contributed by atoms with Gasteiger partial charge in [0.1, 0.15) is 24.1 Å². The van der Waals surface area contributed by atoms with Crippen LogP contribution in [0.2, 0.25) is 0 Å². The van der Waals surface area contributed by atoms with Crippen molar-refractivity contribution in [2.75, 3.05) is 6.61 Å². The van der Waals surface area contributed by atoms with Crippen LogP contribution in [0.5, 0.6) is 5.75 Å². The van der Waals surface area contributed by atoms with Crippen molar-refractivity contribution in [2.45, 2.75) is 31.0 Å². The van der Waals surface area contributed by atoms with Crippen molar-refractivity contribution >= 4 is 5.91 Å². The average Bonchev–Trinajstić information content (AvgIpc) is 2.50. The van der Waals surface area contributed by atoms with Crippen LogP contribution < -0.4 is 5.32 Å². The van der Waals surface area contributed by atoms with Crippen molar-refractivity contribution in [1.29, 1.82) is 0 Å². The number of aromatic hydroxyl groups is 1. The van der Waals surface area contributed by atoms with Crippen LogP contribution in [-0.4, -0.2) is 67.6 Å². The lowest BCUT2D eigenvalue weighted by Crippen LogP contribution is -2.51. The maximum absolute atomic E-state index is 11.6. The second-order valence-electron chi connectivity index (χ2n) is 4.56. The highest BCUT2D eigenvalue weighted by molar-refractivity contribution is 5.81. The third kappa shape index (κ3) is 4.96. The molecule has 0 saturated heterocycles. The predicted molar refractivity (Wildman–Crippen MR) is 71.1 cm³/mol. The first-order valence-corrected chi connectivity index (χ1v) is 6.25. The Hall–Kier alpha value is -1.71. The molecule has 7 N–H and O–H groups in total. The summed E-state index contributed by atoms with van der Waals surface area (Å²) in [7, 11) is 0. The van der Waals surface area contributed by atoms with Gasteiger partial charge in [0.2, 0.25) is 0 Å². The van der Waals surface area contributed by atoms with Gasteiger partial charge in [-0.2, -0.15) is 0 Å². The molecule has 0 saturated carbocycles. The minimum absolute atomic E-state index is 0.0432. The minimum Gasteiger partial charge on any atom is -0.508 e. The van der Waals surface area contributed by atoms with Gasteiger partial charge >= 0.3 is 0 Å². The highest BCUT2D eigenvalue weighted by Crippen LogP contribution is 2.10. The zero-order chi connectivity index (χ0) is 16.0. The summed E-state index contributed by atoms with van der Waals surface area (Å²) in [6, 6.07) is 5.97. The third-order valence-electron chi connectivity index (χ3n) is 2.93. The molecule has 21 heavy (non-hydrogen) atoms. The number of amides is 1. The highest BCUT2D eigenvalue weighted by atomic mass is 16.4. The maximum atomic E-state index is 11.6. The molecule has 1 rings (SSSR count). The second kappa shape index (κ2) is 7.91. The smallest absolute Gasteiger partial charge is 0.251 e. The summed E-state index contributed by atoms with van der Waals surface area (Å²) in [6.07, 6.45) is -7.42. The highest BCUT2D eigenvalue weighted by Gasteiger charge is 2.33. The Kier molecular flexibility index (Phi) is 6.53. The number of hydrogen-bond donors (Lipinski definition) is 7. The van der Waals surface area contributed by atoms with Gasteiger partial charge in [-0.15, -0.1) is 0 Å². The minimum atomic E-state index is -1.96. The first kappa shape index (κ1) is 17.3. The van der Waals surface area contributed by atoms with E-state index in [9.17, 15) is 20.1 Å². The summed E-state index contributed by atoms with van der Waals surface area (Å²) in [4.78, 5) is 11.6. The van der Waals surface area contributed by atoms with E-state index in [4.69, 9.17) is 15.3 Å². The molecule has 1 aromatic rings. The molecule has 0 aliphatic heterocycles. The van der Waals surface area contributed by atoms with Crippen LogP contribution in [0.25, 0.3) is 0 Å². The molecule has 0 heterocycles. The molecular formula is C13H19NO7. The Morgan fingerprint density at radius 2 is 1.62 bits per heavy atom. The molecule has 0 radical (unpaired) electrons. The zero-order valence-corrected chi connectivity index (χ0v) is 11.1. The summed E-state index contributed by atoms with van der Waals surface area (Å²) in [5.74, 6) is -0.874. The fourth-order valence-corrected chi connectivity index (χ4v) is 1.59. The number of nitrogens with one attached hydrogen (secondary N) is 1. The van der Waals surface area contributed by atoms with Gasteiger partial charge < -0.3 is 36.0 Å². The Balaban J connectivity index is 2.52. The lowest BCUT2D eigenvalue weighted by molar-refractivity contribution is -0.149. The molecule has 1 aromatic carbocycles. The summed E-state index contributed by atoms with van der Waals surface area (Å²) in [6.45, 7) is -0.776. The van der Waals surface area contributed by atoms with E-state index < -0.39 is 36.9 Å². The van der Waals surface area contributed by atoms with Crippen LogP contribution >= 0.6 is 0 Å². The molecular weight excluding hydrogens is 282 g/mol. The number of aliphatic hydroxyl groups is 5. The topological polar surface area (TPSA) is 150 Å². The van der Waals surface area contributed by atoms with Gasteiger partial charge in [-0.05, 0) is 17.7 Å². The molecule has 0 bridgehead atoms. The predicted octanol–water partition coefficient (Wildman–Crippen LogP) is -2.56. The van der Waals surface area contributed by atoms with Crippen LogP contribution in [0.3, 0.4) is 0 Å². The van der Waals surface area contributed by atoms with Gasteiger partial charge in [0.15, 0.2) is 6.10 Å². The van der Waals surface area contributed by atoms with Crippen LogP contribution in [-0.2, 0) is 11.3 Å². The SMILES string of the molecule is O=C(NCc1ccc(O)cc1)[C@H](O)[C@@H](O)[C@H](O)[C@H](O)CO. The van der Waals surface area contributed by atoms with Gasteiger partial charge in [0.05, 0.1) is 6.61 Å². The van der Waals surface area contributed by atoms with E-state index in [2.05, 4.69) is 5.32 Å². The molecule has 0 spiro atoms. The number of aliphatic hydroxyl groups excluding tert-OH is 5. The number of carbonyl (C=O) groups excluding carboxylic acids is 1. The monoisotopic (exact) mass is 301 g/mol. The molecule has 0 aliphatic rings. The van der Waals surface area contributed by atoms with Gasteiger partial charge in [0.25, 0.3) is 5.91 Å². The molecule has 0 unspecified atom stereocenters. The number of phenolic OH excluding ortho intramolecular Hbond substituents is 1. The summed E-state index contributed by atoms with van der Waals surface area (Å²) < 4.78 is 0. The van der Waals surface area contributed by atoms with E-state index in [0.29, 0.717) is 5.56 Å². The summed E-state index contributed by atoms with van der Waals surface area (Å²) in [5.41, 5.74) is 0.652. The largest absolute Gasteiger partial charge is 0.508 e. The van der Waals surface area contributed by atoms with Gasteiger partial charge in [-0.25, -0.2) is 0 Å². The fraction of sp³-hybridized carbons (Fsp3) is 0.462. The normalized spacial score (nSPS) is 16.8. The second-order valence-corrected chi connectivity index (χ2v) is 4.56. The standard InChI is InChI=1S/C13H19NO7/c15-6-9(17)10(18)11(19)12(20)13(21)14-5-7-1-3-8(16)4-2-7/h1-4,9-12,15-20H,5-6H2,(H,14,21)/t9-,10-,11+,12-/m1/s1. The van der Waals surface area contributed by atoms with E-state index in [1.807, 2.05) is 0 Å². The first-order valence-electron chi connectivity index (χ1n) is 6.25. The van der Waals surface area contributed by atoms with E-state index in [1.165, 1.54) is 12.1 Å². The third-order valence-corrected chi connectivity index (χ3v) is 2.93. The Labute approximate surface area is 120 Å². The fourth-order valence-electron chi connectivity index (χ4n) is 1.59. The summed E-state index contributed by atoms with van der Waals surface area (Å²) in [5, 5.41) is 57.7. The maximum Gasteiger partial charge on any atom is 0.251 e. The van der Waals surface area contributed by atoms with Crippen LogP contribution in [0.1, 0.15) is 5.56 Å². The van der Waals surface area contributed by atoms with E-state index >= 15 is 0 Å². The molecule has 1 amide bonds.